The van der Waals surface area contributed by atoms with Gasteiger partial charge in [-0.3, -0.25) is 4.79 Å². The fourth-order valence-electron chi connectivity index (χ4n) is 1.89. The minimum absolute atomic E-state index is 0.113. The van der Waals surface area contributed by atoms with E-state index in [9.17, 15) is 4.79 Å². The summed E-state index contributed by atoms with van der Waals surface area (Å²) in [6.45, 7) is 10.6. The highest BCUT2D eigenvalue weighted by Crippen LogP contribution is 2.13. The van der Waals surface area contributed by atoms with E-state index >= 15 is 0 Å². The Balaban J connectivity index is 4.18. The van der Waals surface area contributed by atoms with Crippen LogP contribution < -0.4 is 5.73 Å². The molecule has 108 valence electrons. The maximum absolute atomic E-state index is 12.3. The fraction of sp³-hybridized carbons (Fsp3) is 0.929. The zero-order valence-electron chi connectivity index (χ0n) is 12.4. The third kappa shape index (κ3) is 6.97. The van der Waals surface area contributed by atoms with Crippen molar-refractivity contribution in [2.45, 2.75) is 53.0 Å². The lowest BCUT2D eigenvalue weighted by molar-refractivity contribution is -0.137. The Labute approximate surface area is 112 Å². The molecule has 1 unspecified atom stereocenters. The highest BCUT2D eigenvalue weighted by atomic mass is 16.5. The molecule has 0 aromatic heterocycles. The van der Waals surface area contributed by atoms with E-state index in [-0.39, 0.29) is 17.9 Å². The van der Waals surface area contributed by atoms with Crippen molar-refractivity contribution in [1.29, 1.82) is 0 Å². The van der Waals surface area contributed by atoms with Gasteiger partial charge in [0.05, 0.1) is 13.2 Å². The van der Waals surface area contributed by atoms with Gasteiger partial charge in [0, 0.05) is 25.0 Å². The molecule has 0 aliphatic heterocycles. The Morgan fingerprint density at radius 2 is 1.94 bits per heavy atom. The van der Waals surface area contributed by atoms with Gasteiger partial charge >= 0.3 is 0 Å². The van der Waals surface area contributed by atoms with Gasteiger partial charge in [-0.25, -0.2) is 0 Å². The number of carbonyl (C=O) groups excluding carboxylic acids is 1. The zero-order chi connectivity index (χ0) is 14.0. The quantitative estimate of drug-likeness (QED) is 0.610. The van der Waals surface area contributed by atoms with Gasteiger partial charge < -0.3 is 15.4 Å². The van der Waals surface area contributed by atoms with Crippen LogP contribution in [0.15, 0.2) is 0 Å². The van der Waals surface area contributed by atoms with E-state index in [4.69, 9.17) is 10.5 Å². The molecule has 0 bridgehead atoms. The first-order valence-corrected chi connectivity index (χ1v) is 7.12. The number of amides is 1. The summed E-state index contributed by atoms with van der Waals surface area (Å²) < 4.78 is 5.36. The van der Waals surface area contributed by atoms with Crippen molar-refractivity contribution in [3.8, 4) is 0 Å². The van der Waals surface area contributed by atoms with Crippen molar-refractivity contribution in [1.82, 2.24) is 4.90 Å². The summed E-state index contributed by atoms with van der Waals surface area (Å²) in [7, 11) is 0. The first kappa shape index (κ1) is 17.4. The molecule has 0 spiro atoms. The Kier molecular flexibility index (Phi) is 9.98. The van der Waals surface area contributed by atoms with Crippen molar-refractivity contribution in [3.05, 3.63) is 0 Å². The van der Waals surface area contributed by atoms with Gasteiger partial charge in [-0.2, -0.15) is 0 Å². The van der Waals surface area contributed by atoms with Crippen molar-refractivity contribution < 1.29 is 9.53 Å². The molecule has 0 aliphatic rings. The summed E-state index contributed by atoms with van der Waals surface area (Å²) in [5.74, 6) is 0.358. The third-order valence-corrected chi connectivity index (χ3v) is 3.06. The molecule has 0 fully saturated rings. The van der Waals surface area contributed by atoms with E-state index in [1.807, 2.05) is 25.7 Å². The molecule has 0 aromatic carbocycles. The third-order valence-electron chi connectivity index (χ3n) is 3.06. The number of carbonyl (C=O) groups is 1. The maximum Gasteiger partial charge on any atom is 0.225 e. The lowest BCUT2D eigenvalue weighted by atomic mass is 10.0. The predicted molar refractivity (Wildman–Crippen MR) is 75.4 cm³/mol. The van der Waals surface area contributed by atoms with E-state index in [1.165, 1.54) is 0 Å². The normalized spacial score (nSPS) is 12.8. The minimum atomic E-state index is 0.113. The monoisotopic (exact) mass is 258 g/mol. The molecule has 0 rings (SSSR count). The number of nitrogens with zero attached hydrogens (tertiary/aromatic N) is 1. The summed E-state index contributed by atoms with van der Waals surface area (Å²) >= 11 is 0. The second-order valence-electron chi connectivity index (χ2n) is 5.07. The van der Waals surface area contributed by atoms with E-state index in [0.29, 0.717) is 26.3 Å². The van der Waals surface area contributed by atoms with Crippen molar-refractivity contribution >= 4 is 5.91 Å². The van der Waals surface area contributed by atoms with Crippen molar-refractivity contribution in [2.75, 3.05) is 26.3 Å². The van der Waals surface area contributed by atoms with Gasteiger partial charge in [-0.05, 0) is 20.3 Å². The van der Waals surface area contributed by atoms with E-state index in [2.05, 4.69) is 6.92 Å². The number of unbranched alkanes of at least 4 members (excludes halogenated alkanes) is 1. The van der Waals surface area contributed by atoms with Crippen molar-refractivity contribution in [3.63, 3.8) is 0 Å². The molecule has 4 heteroatoms. The molecular formula is C14H30N2O2. The van der Waals surface area contributed by atoms with Gasteiger partial charge in [0.2, 0.25) is 5.91 Å². The van der Waals surface area contributed by atoms with Gasteiger partial charge in [0.1, 0.15) is 0 Å². The average molecular weight is 258 g/mol. The molecule has 2 N–H and O–H groups in total. The largest absolute Gasteiger partial charge is 0.378 e. The molecule has 4 nitrogen and oxygen atoms in total. The summed E-state index contributed by atoms with van der Waals surface area (Å²) in [5, 5.41) is 0. The van der Waals surface area contributed by atoms with Crippen LogP contribution in [0.25, 0.3) is 0 Å². The first-order chi connectivity index (χ1) is 8.54. The van der Waals surface area contributed by atoms with Gasteiger partial charge in [0.25, 0.3) is 0 Å². The second-order valence-corrected chi connectivity index (χ2v) is 5.07. The van der Waals surface area contributed by atoms with E-state index < -0.39 is 0 Å². The summed E-state index contributed by atoms with van der Waals surface area (Å²) in [5.41, 5.74) is 5.36. The van der Waals surface area contributed by atoms with Crippen LogP contribution in [0.5, 0.6) is 0 Å². The van der Waals surface area contributed by atoms with Crippen LogP contribution >= 0.6 is 0 Å². The summed E-state index contributed by atoms with van der Waals surface area (Å²) in [6.07, 6.45) is 3.23. The highest BCUT2D eigenvalue weighted by Gasteiger charge is 2.21. The lowest BCUT2D eigenvalue weighted by Gasteiger charge is -2.29. The lowest BCUT2D eigenvalue weighted by Crippen LogP contribution is -2.42. The number of rotatable bonds is 10. The van der Waals surface area contributed by atoms with Gasteiger partial charge in [-0.15, -0.1) is 0 Å². The topological polar surface area (TPSA) is 55.6 Å². The van der Waals surface area contributed by atoms with Crippen LogP contribution in [0.3, 0.4) is 0 Å². The number of hydrogen-bond acceptors (Lipinski definition) is 3. The molecule has 0 saturated carbocycles. The fourth-order valence-corrected chi connectivity index (χ4v) is 1.89. The molecule has 0 aliphatic carbocycles. The van der Waals surface area contributed by atoms with Crippen LogP contribution in [0.4, 0.5) is 0 Å². The first-order valence-electron chi connectivity index (χ1n) is 7.12. The Hall–Kier alpha value is -0.610. The van der Waals surface area contributed by atoms with E-state index in [0.717, 1.165) is 19.3 Å². The van der Waals surface area contributed by atoms with Gasteiger partial charge in [0.15, 0.2) is 0 Å². The van der Waals surface area contributed by atoms with Gasteiger partial charge in [-0.1, -0.05) is 26.7 Å². The van der Waals surface area contributed by atoms with E-state index in [1.54, 1.807) is 0 Å². The Morgan fingerprint density at radius 1 is 1.28 bits per heavy atom. The summed E-state index contributed by atoms with van der Waals surface area (Å²) in [4.78, 5) is 14.2. The molecule has 1 atom stereocenters. The van der Waals surface area contributed by atoms with Crippen LogP contribution in [-0.2, 0) is 9.53 Å². The summed E-state index contributed by atoms with van der Waals surface area (Å²) in [6, 6.07) is 0.225. The predicted octanol–water partition coefficient (Wildman–Crippen LogP) is 2.02. The minimum Gasteiger partial charge on any atom is -0.378 e. The maximum atomic E-state index is 12.3. The molecule has 0 saturated heterocycles. The van der Waals surface area contributed by atoms with Crippen LogP contribution in [-0.4, -0.2) is 43.2 Å². The zero-order valence-corrected chi connectivity index (χ0v) is 12.4. The number of hydrogen-bond donors (Lipinski definition) is 1. The SMILES string of the molecule is CCCCC(C)C(=O)N(CCOCCN)C(C)C. The smallest absolute Gasteiger partial charge is 0.225 e. The molecule has 0 heterocycles. The second kappa shape index (κ2) is 10.3. The molecular weight excluding hydrogens is 228 g/mol. The van der Waals surface area contributed by atoms with Crippen LogP contribution in [0.2, 0.25) is 0 Å². The molecule has 0 radical (unpaired) electrons. The molecule has 0 aromatic rings. The van der Waals surface area contributed by atoms with Crippen LogP contribution in [0.1, 0.15) is 47.0 Å². The molecule has 1 amide bonds. The average Bonchev–Trinajstić information content (AvgIpc) is 2.34. The highest BCUT2D eigenvalue weighted by molar-refractivity contribution is 5.78. The number of ether oxygens (including phenoxy) is 1. The number of nitrogens with two attached hydrogens (primary N) is 1. The Bertz CT molecular complexity index is 220. The van der Waals surface area contributed by atoms with Crippen molar-refractivity contribution in [2.24, 2.45) is 11.7 Å². The Morgan fingerprint density at radius 3 is 2.44 bits per heavy atom. The van der Waals surface area contributed by atoms with Crippen LogP contribution in [0, 0.1) is 5.92 Å². The standard InChI is InChI=1S/C14H30N2O2/c1-5-6-7-13(4)14(17)16(12(2)3)9-11-18-10-8-15/h12-13H,5-11,15H2,1-4H3. The molecule has 18 heavy (non-hydrogen) atoms.